The number of amides is 1. The van der Waals surface area contributed by atoms with Crippen molar-refractivity contribution in [2.45, 2.75) is 0 Å². The molecule has 0 unspecified atom stereocenters. The van der Waals surface area contributed by atoms with Gasteiger partial charge in [0.05, 0.1) is 0 Å². The molecule has 0 radical (unpaired) electrons. The average molecular weight is 161 g/mol. The van der Waals surface area contributed by atoms with Crippen molar-refractivity contribution in [1.82, 2.24) is 10.4 Å². The molecule has 60 valence electrons. The molecule has 0 aliphatic carbocycles. The quantitative estimate of drug-likeness (QED) is 0.231. The lowest BCUT2D eigenvalue weighted by molar-refractivity contribution is -0.115. The number of rotatable bonds is 0. The van der Waals surface area contributed by atoms with Gasteiger partial charge in [0.2, 0.25) is 0 Å². The van der Waals surface area contributed by atoms with Crippen LogP contribution in [0.25, 0.3) is 0 Å². The molecular formula is C8H7N3O. The number of hydrogen-bond acceptors (Lipinski definition) is 3. The van der Waals surface area contributed by atoms with Gasteiger partial charge in [-0.15, -0.1) is 0 Å². The van der Waals surface area contributed by atoms with E-state index in [2.05, 4.69) is 16.8 Å². The van der Waals surface area contributed by atoms with Crippen LogP contribution in [0, 0.1) is 11.8 Å². The van der Waals surface area contributed by atoms with Gasteiger partial charge in [-0.25, -0.2) is 5.84 Å². The zero-order chi connectivity index (χ0) is 8.81. The zero-order valence-electron chi connectivity index (χ0n) is 6.24. The zero-order valence-corrected chi connectivity index (χ0v) is 6.24. The number of pyridine rings is 1. The number of aromatic nitrogens is 1. The van der Waals surface area contributed by atoms with Crippen molar-refractivity contribution >= 4 is 5.91 Å². The molecule has 0 fully saturated rings. The fourth-order valence-corrected chi connectivity index (χ4v) is 0.600. The Hall–Kier alpha value is -1.86. The Morgan fingerprint density at radius 1 is 1.50 bits per heavy atom. The summed E-state index contributed by atoms with van der Waals surface area (Å²) in [5.74, 6) is 9.22. The lowest BCUT2D eigenvalue weighted by Crippen LogP contribution is -2.28. The molecule has 1 aromatic heterocycles. The smallest absolute Gasteiger partial charge is 0.283 e. The number of carbonyl (C=O) groups excluding carboxylic acids is 1. The first-order chi connectivity index (χ1) is 5.83. The maximum Gasteiger partial charge on any atom is 0.310 e. The molecule has 1 rings (SSSR count). The van der Waals surface area contributed by atoms with E-state index in [1.165, 1.54) is 0 Å². The summed E-state index contributed by atoms with van der Waals surface area (Å²) in [4.78, 5) is 14.4. The third-order valence-electron chi connectivity index (χ3n) is 1.13. The minimum atomic E-state index is -0.508. The average Bonchev–Trinajstić information content (AvgIpc) is 2.16. The van der Waals surface area contributed by atoms with Gasteiger partial charge < -0.3 is 0 Å². The van der Waals surface area contributed by atoms with Gasteiger partial charge in [0.15, 0.2) is 0 Å². The monoisotopic (exact) mass is 161 g/mol. The van der Waals surface area contributed by atoms with E-state index in [1.807, 2.05) is 5.43 Å². The summed E-state index contributed by atoms with van der Waals surface area (Å²) in [6.45, 7) is 0. The van der Waals surface area contributed by atoms with Crippen LogP contribution in [0.5, 0.6) is 0 Å². The van der Waals surface area contributed by atoms with E-state index in [-0.39, 0.29) is 0 Å². The second kappa shape index (κ2) is 4.11. The first-order valence-electron chi connectivity index (χ1n) is 3.25. The van der Waals surface area contributed by atoms with E-state index in [1.54, 1.807) is 24.5 Å². The fourth-order valence-electron chi connectivity index (χ4n) is 0.600. The molecule has 1 heterocycles. The highest BCUT2D eigenvalue weighted by molar-refractivity contribution is 5.93. The number of nitrogens with two attached hydrogens (primary N) is 1. The molecule has 0 aliphatic rings. The molecular weight excluding hydrogens is 154 g/mol. The second-order valence-corrected chi connectivity index (χ2v) is 1.96. The van der Waals surface area contributed by atoms with Crippen molar-refractivity contribution in [3.8, 4) is 11.8 Å². The van der Waals surface area contributed by atoms with Crippen molar-refractivity contribution in [3.05, 3.63) is 30.1 Å². The van der Waals surface area contributed by atoms with Crippen LogP contribution in [0.15, 0.2) is 24.5 Å². The number of hydrazine groups is 1. The number of carbonyl (C=O) groups is 1. The summed E-state index contributed by atoms with van der Waals surface area (Å²) in [7, 11) is 0. The Labute approximate surface area is 69.8 Å². The van der Waals surface area contributed by atoms with Crippen LogP contribution in [-0.2, 0) is 4.79 Å². The molecule has 4 heteroatoms. The SMILES string of the molecule is NNC(=O)C#Cc1ccncc1. The first kappa shape index (κ1) is 8.24. The Kier molecular flexibility index (Phi) is 2.82. The highest BCUT2D eigenvalue weighted by atomic mass is 16.2. The van der Waals surface area contributed by atoms with Crippen molar-refractivity contribution in [1.29, 1.82) is 0 Å². The third kappa shape index (κ3) is 2.40. The predicted molar refractivity (Wildman–Crippen MR) is 43.4 cm³/mol. The van der Waals surface area contributed by atoms with Crippen LogP contribution < -0.4 is 11.3 Å². The van der Waals surface area contributed by atoms with E-state index < -0.39 is 5.91 Å². The van der Waals surface area contributed by atoms with Gasteiger partial charge in [-0.1, -0.05) is 5.92 Å². The molecule has 0 spiro atoms. The standard InChI is InChI=1S/C8H7N3O/c9-11-8(12)2-1-7-3-5-10-6-4-7/h3-6H,9H2,(H,11,12). The van der Waals surface area contributed by atoms with Crippen LogP contribution in [-0.4, -0.2) is 10.9 Å². The summed E-state index contributed by atoms with van der Waals surface area (Å²) < 4.78 is 0. The van der Waals surface area contributed by atoms with E-state index in [0.29, 0.717) is 0 Å². The van der Waals surface area contributed by atoms with E-state index in [9.17, 15) is 4.79 Å². The van der Waals surface area contributed by atoms with Gasteiger partial charge in [-0.2, -0.15) is 0 Å². The topological polar surface area (TPSA) is 68.0 Å². The van der Waals surface area contributed by atoms with Crippen molar-refractivity contribution in [2.75, 3.05) is 0 Å². The lowest BCUT2D eigenvalue weighted by Gasteiger charge is -1.86. The van der Waals surface area contributed by atoms with Crippen LogP contribution in [0.4, 0.5) is 0 Å². The van der Waals surface area contributed by atoms with Gasteiger partial charge in [0.1, 0.15) is 0 Å². The molecule has 3 N–H and O–H groups in total. The maximum atomic E-state index is 10.6. The summed E-state index contributed by atoms with van der Waals surface area (Å²) in [6.07, 6.45) is 3.20. The predicted octanol–water partition coefficient (Wildman–Crippen LogP) is -0.577. The van der Waals surface area contributed by atoms with Crippen molar-refractivity contribution in [3.63, 3.8) is 0 Å². The summed E-state index contributed by atoms with van der Waals surface area (Å²) in [5, 5.41) is 0. The number of hydrogen-bond donors (Lipinski definition) is 2. The molecule has 0 atom stereocenters. The molecule has 0 aromatic carbocycles. The molecule has 12 heavy (non-hydrogen) atoms. The Bertz CT molecular complexity index is 323. The van der Waals surface area contributed by atoms with Crippen LogP contribution in [0.3, 0.4) is 0 Å². The first-order valence-corrected chi connectivity index (χ1v) is 3.25. The van der Waals surface area contributed by atoms with Gasteiger partial charge in [-0.05, 0) is 12.1 Å². The van der Waals surface area contributed by atoms with Gasteiger partial charge >= 0.3 is 5.91 Å². The molecule has 0 saturated heterocycles. The van der Waals surface area contributed by atoms with Gasteiger partial charge in [0, 0.05) is 23.9 Å². The van der Waals surface area contributed by atoms with E-state index in [4.69, 9.17) is 5.84 Å². The molecule has 0 saturated carbocycles. The fraction of sp³-hybridized carbons (Fsp3) is 0. The minimum Gasteiger partial charge on any atom is -0.283 e. The van der Waals surface area contributed by atoms with Crippen LogP contribution >= 0.6 is 0 Å². The molecule has 0 bridgehead atoms. The summed E-state index contributed by atoms with van der Waals surface area (Å²) >= 11 is 0. The van der Waals surface area contributed by atoms with Crippen molar-refractivity contribution < 1.29 is 4.79 Å². The maximum absolute atomic E-state index is 10.6. The van der Waals surface area contributed by atoms with Crippen LogP contribution in [0.2, 0.25) is 0 Å². The van der Waals surface area contributed by atoms with Gasteiger partial charge in [0.25, 0.3) is 0 Å². The third-order valence-corrected chi connectivity index (χ3v) is 1.13. The molecule has 1 aromatic rings. The van der Waals surface area contributed by atoms with Crippen molar-refractivity contribution in [2.24, 2.45) is 5.84 Å². The molecule has 0 aliphatic heterocycles. The Morgan fingerprint density at radius 2 is 2.17 bits per heavy atom. The van der Waals surface area contributed by atoms with Gasteiger partial charge in [-0.3, -0.25) is 15.2 Å². The highest BCUT2D eigenvalue weighted by Gasteiger charge is 1.87. The highest BCUT2D eigenvalue weighted by Crippen LogP contribution is 1.91. The summed E-state index contributed by atoms with van der Waals surface area (Å²) in [5.41, 5.74) is 2.64. The van der Waals surface area contributed by atoms with Crippen LogP contribution in [0.1, 0.15) is 5.56 Å². The largest absolute Gasteiger partial charge is 0.310 e. The molecule has 4 nitrogen and oxygen atoms in total. The molecule has 1 amide bonds. The number of nitrogens with one attached hydrogen (secondary N) is 1. The second-order valence-electron chi connectivity index (χ2n) is 1.96. The van der Waals surface area contributed by atoms with E-state index >= 15 is 0 Å². The number of nitrogens with zero attached hydrogens (tertiary/aromatic N) is 1. The summed E-state index contributed by atoms with van der Waals surface area (Å²) in [6, 6.07) is 3.41. The normalized spacial score (nSPS) is 8.08. The minimum absolute atomic E-state index is 0.508. The van der Waals surface area contributed by atoms with E-state index in [0.717, 1.165) is 5.56 Å². The Morgan fingerprint density at radius 3 is 2.75 bits per heavy atom. The Balaban J connectivity index is 2.74. The lowest BCUT2D eigenvalue weighted by atomic mass is 10.3.